The fourth-order valence-corrected chi connectivity index (χ4v) is 3.93. The molecule has 0 aliphatic carbocycles. The van der Waals surface area contributed by atoms with Gasteiger partial charge in [0.05, 0.1) is 27.2 Å². The van der Waals surface area contributed by atoms with Gasteiger partial charge in [0.2, 0.25) is 0 Å². The van der Waals surface area contributed by atoms with Gasteiger partial charge in [0.25, 0.3) is 0 Å². The third-order valence-electron chi connectivity index (χ3n) is 4.77. The third-order valence-corrected chi connectivity index (χ3v) is 5.35. The van der Waals surface area contributed by atoms with Crippen LogP contribution in [0.4, 0.5) is 8.63 Å². The van der Waals surface area contributed by atoms with Crippen molar-refractivity contribution < 1.29 is 8.63 Å². The van der Waals surface area contributed by atoms with Gasteiger partial charge in [-0.05, 0) is 30.2 Å². The first kappa shape index (κ1) is 19.7. The Hall–Kier alpha value is -2.63. The topological polar surface area (TPSA) is 17.3 Å². The van der Waals surface area contributed by atoms with Crippen molar-refractivity contribution in [2.75, 3.05) is 0 Å². The van der Waals surface area contributed by atoms with Crippen LogP contribution in [0.3, 0.4) is 0 Å². The molecule has 29 heavy (non-hydrogen) atoms. The molecule has 0 radical (unpaired) electrons. The quantitative estimate of drug-likeness (QED) is 0.402. The summed E-state index contributed by atoms with van der Waals surface area (Å²) in [6.07, 6.45) is 1.69. The predicted octanol–water partition coefficient (Wildman–Crippen LogP) is 6.94. The van der Waals surface area contributed by atoms with Crippen LogP contribution in [-0.4, -0.2) is 17.6 Å². The molecule has 0 saturated carbocycles. The van der Waals surface area contributed by atoms with Gasteiger partial charge in [0, 0.05) is 11.3 Å². The molecule has 2 aromatic carbocycles. The molecule has 144 valence electrons. The van der Waals surface area contributed by atoms with Crippen LogP contribution in [0.2, 0.25) is 5.02 Å². The van der Waals surface area contributed by atoms with Gasteiger partial charge in [-0.2, -0.15) is 0 Å². The second-order valence-electron chi connectivity index (χ2n) is 6.57. The Morgan fingerprint density at radius 1 is 0.931 bits per heavy atom. The lowest BCUT2D eigenvalue weighted by atomic mass is 10.1. The van der Waals surface area contributed by atoms with Crippen LogP contribution in [0.5, 0.6) is 0 Å². The van der Waals surface area contributed by atoms with Gasteiger partial charge in [-0.25, -0.2) is 4.99 Å². The number of rotatable bonds is 4. The first-order valence-electron chi connectivity index (χ1n) is 8.94. The summed E-state index contributed by atoms with van der Waals surface area (Å²) in [5.74, 6) is 0. The Balaban J connectivity index is 1.87. The van der Waals surface area contributed by atoms with Crippen LogP contribution in [0.25, 0.3) is 16.8 Å². The molecular weight excluding hydrogens is 412 g/mol. The summed E-state index contributed by atoms with van der Waals surface area (Å²) in [6, 6.07) is 20.0. The summed E-state index contributed by atoms with van der Waals surface area (Å²) in [5.41, 5.74) is 3.78. The van der Waals surface area contributed by atoms with Crippen molar-refractivity contribution in [1.29, 1.82) is 0 Å². The van der Waals surface area contributed by atoms with Gasteiger partial charge in [-0.15, -0.1) is 0 Å². The molecule has 0 atom stereocenters. The van der Waals surface area contributed by atoms with Gasteiger partial charge in [0.15, 0.2) is 0 Å². The Bertz CT molecular complexity index is 1150. The minimum Gasteiger partial charge on any atom is -0.324 e. The van der Waals surface area contributed by atoms with Crippen molar-refractivity contribution in [2.45, 2.75) is 6.92 Å². The molecule has 0 spiro atoms. The second kappa shape index (κ2) is 8.01. The van der Waals surface area contributed by atoms with Gasteiger partial charge in [-0.3, -0.25) is 8.63 Å². The molecule has 1 aliphatic heterocycles. The summed E-state index contributed by atoms with van der Waals surface area (Å²) in [5, 5.41) is 0.724. The monoisotopic (exact) mass is 426 g/mol. The standard InChI is InChI=1S/C22H15BCl2F2N2/c1-14(19-12-17(24)21(28-19)15-8-4-2-5-9-15)20-13-18(25)22(29(20)23(26)27)16-10-6-3-7-11-16/h2-13H,1H3/b19-14-. The number of aromatic nitrogens is 1. The summed E-state index contributed by atoms with van der Waals surface area (Å²) < 4.78 is 29.1. The van der Waals surface area contributed by atoms with Gasteiger partial charge >= 0.3 is 7.40 Å². The minimum atomic E-state index is -2.76. The Morgan fingerprint density at radius 3 is 2.10 bits per heavy atom. The normalized spacial score (nSPS) is 15.2. The molecule has 0 bridgehead atoms. The SMILES string of the molecule is C/C(=C1\C=C(Cl)C(c2ccccc2)=N1)c1cc(Cl)c(-c2ccccc2)n1B(F)F. The fraction of sp³-hybridized carbons (Fsp3) is 0.0455. The van der Waals surface area contributed by atoms with Crippen LogP contribution in [-0.2, 0) is 0 Å². The molecule has 0 saturated heterocycles. The van der Waals surface area contributed by atoms with E-state index in [9.17, 15) is 8.63 Å². The number of nitrogens with zero attached hydrogens (tertiary/aromatic N) is 2. The number of hydrogen-bond donors (Lipinski definition) is 0. The van der Waals surface area contributed by atoms with E-state index < -0.39 is 7.40 Å². The van der Waals surface area contributed by atoms with Crippen molar-refractivity contribution in [3.63, 3.8) is 0 Å². The molecular formula is C22H15BCl2F2N2. The van der Waals surface area contributed by atoms with E-state index in [4.69, 9.17) is 23.2 Å². The number of halogens is 4. The average Bonchev–Trinajstić information content (AvgIpc) is 3.29. The smallest absolute Gasteiger partial charge is 0.324 e. The molecule has 0 N–H and O–H groups in total. The molecule has 2 nitrogen and oxygen atoms in total. The molecule has 2 heterocycles. The maximum absolute atomic E-state index is 14.1. The van der Waals surface area contributed by atoms with E-state index in [1.807, 2.05) is 36.4 Å². The van der Waals surface area contributed by atoms with Gasteiger partial charge in [0.1, 0.15) is 0 Å². The lowest BCUT2D eigenvalue weighted by Crippen LogP contribution is -2.17. The van der Waals surface area contributed by atoms with E-state index in [2.05, 4.69) is 4.99 Å². The zero-order chi connectivity index (χ0) is 20.5. The number of benzene rings is 2. The fourth-order valence-electron chi connectivity index (χ4n) is 3.37. The second-order valence-corrected chi connectivity index (χ2v) is 7.38. The van der Waals surface area contributed by atoms with Crippen LogP contribution in [0, 0.1) is 0 Å². The molecule has 1 aromatic heterocycles. The highest BCUT2D eigenvalue weighted by Gasteiger charge is 2.29. The third kappa shape index (κ3) is 3.68. The molecule has 0 fully saturated rings. The van der Waals surface area contributed by atoms with Crippen LogP contribution in [0.15, 0.2) is 88.5 Å². The molecule has 4 rings (SSSR count). The van der Waals surface area contributed by atoms with E-state index in [0.717, 1.165) is 10.0 Å². The lowest BCUT2D eigenvalue weighted by molar-refractivity contribution is 0.630. The Labute approximate surface area is 178 Å². The molecule has 1 aliphatic rings. The largest absolute Gasteiger partial charge is 0.678 e. The van der Waals surface area contributed by atoms with Crippen LogP contribution in [0.1, 0.15) is 18.2 Å². The zero-order valence-corrected chi connectivity index (χ0v) is 16.9. The maximum Gasteiger partial charge on any atom is 0.678 e. The minimum absolute atomic E-state index is 0.256. The molecule has 0 amide bonds. The van der Waals surface area contributed by atoms with E-state index in [0.29, 0.717) is 33.3 Å². The zero-order valence-electron chi connectivity index (χ0n) is 15.4. The number of allylic oxidation sites excluding steroid dienone is 3. The van der Waals surface area contributed by atoms with Gasteiger partial charge in [-0.1, -0.05) is 83.9 Å². The van der Waals surface area contributed by atoms with Gasteiger partial charge < -0.3 is 4.48 Å². The summed E-state index contributed by atoms with van der Waals surface area (Å²) in [4.78, 5) is 4.60. The number of aliphatic imine (C=N–C) groups is 1. The first-order chi connectivity index (χ1) is 14.0. The molecule has 3 aromatic rings. The van der Waals surface area contributed by atoms with E-state index >= 15 is 0 Å². The van der Waals surface area contributed by atoms with Crippen LogP contribution >= 0.6 is 23.2 Å². The average molecular weight is 427 g/mol. The first-order valence-corrected chi connectivity index (χ1v) is 9.70. The van der Waals surface area contributed by atoms with Crippen molar-refractivity contribution in [3.8, 4) is 11.3 Å². The van der Waals surface area contributed by atoms with Crippen molar-refractivity contribution >= 4 is 41.9 Å². The maximum atomic E-state index is 14.1. The predicted molar refractivity (Wildman–Crippen MR) is 118 cm³/mol. The highest BCUT2D eigenvalue weighted by Crippen LogP contribution is 2.37. The molecule has 0 unspecified atom stereocenters. The van der Waals surface area contributed by atoms with E-state index in [1.54, 1.807) is 43.3 Å². The highest BCUT2D eigenvalue weighted by atomic mass is 35.5. The van der Waals surface area contributed by atoms with Crippen molar-refractivity contribution in [3.05, 3.63) is 99.8 Å². The highest BCUT2D eigenvalue weighted by molar-refractivity contribution is 6.47. The van der Waals surface area contributed by atoms with E-state index in [1.165, 1.54) is 0 Å². The Kier molecular flexibility index (Phi) is 5.44. The summed E-state index contributed by atoms with van der Waals surface area (Å²) in [6.45, 7) is 1.74. The molecule has 7 heteroatoms. The number of hydrogen-bond acceptors (Lipinski definition) is 1. The van der Waals surface area contributed by atoms with Crippen molar-refractivity contribution in [2.24, 2.45) is 4.99 Å². The van der Waals surface area contributed by atoms with Crippen molar-refractivity contribution in [1.82, 2.24) is 4.48 Å². The summed E-state index contributed by atoms with van der Waals surface area (Å²) >= 11 is 12.8. The Morgan fingerprint density at radius 2 is 1.52 bits per heavy atom. The summed E-state index contributed by atoms with van der Waals surface area (Å²) in [7, 11) is -2.76. The van der Waals surface area contributed by atoms with E-state index in [-0.39, 0.29) is 10.7 Å². The lowest BCUT2D eigenvalue weighted by Gasteiger charge is -2.12. The van der Waals surface area contributed by atoms with Crippen LogP contribution < -0.4 is 0 Å².